The zero-order valence-electron chi connectivity index (χ0n) is 15.6. The largest absolute Gasteiger partial charge is 0.506 e. The molecular formula is C22H27N2O2+. The second kappa shape index (κ2) is 5.23. The summed E-state index contributed by atoms with van der Waals surface area (Å²) in [4.78, 5) is 12.2. The number of phenolic OH excluding ortho intramolecular Hbond substituents is 1. The molecule has 0 unspecified atom stereocenters. The van der Waals surface area contributed by atoms with Crippen LogP contribution in [0.3, 0.4) is 0 Å². The lowest BCUT2D eigenvalue weighted by Crippen LogP contribution is -2.63. The fourth-order valence-corrected chi connectivity index (χ4v) is 6.73. The van der Waals surface area contributed by atoms with Gasteiger partial charge in [-0.25, -0.2) is 0 Å². The van der Waals surface area contributed by atoms with Gasteiger partial charge >= 0.3 is 0 Å². The molecule has 5 rings (SSSR count). The van der Waals surface area contributed by atoms with E-state index in [9.17, 15) is 9.90 Å². The number of benzene rings is 1. The average Bonchev–Trinajstić information content (AvgIpc) is 3.17. The molecule has 136 valence electrons. The van der Waals surface area contributed by atoms with E-state index in [4.69, 9.17) is 0 Å². The summed E-state index contributed by atoms with van der Waals surface area (Å²) < 4.78 is 1.14. The number of nitrogens with zero attached hydrogens (tertiary/aromatic N) is 1. The Kier molecular flexibility index (Phi) is 3.24. The lowest BCUT2D eigenvalue weighted by atomic mass is 9.61. The lowest BCUT2D eigenvalue weighted by molar-refractivity contribution is -0.941. The van der Waals surface area contributed by atoms with Crippen LogP contribution in [0.25, 0.3) is 0 Å². The van der Waals surface area contributed by atoms with Gasteiger partial charge in [0.15, 0.2) is 0 Å². The normalized spacial score (nSPS) is 38.2. The number of hydrogen-bond donors (Lipinski definition) is 2. The number of quaternary nitrogens is 1. The standard InChI is InChI=1S/C22H26N2O2/c1-3-9-24-10-8-22-17-6-5-7-18(26)20(17)23-21(22)16(13-25)15(11-19(22)24)14(4-2)12-24/h4-7,13,15,19H,3,8-12H2,1-2H3,(H-,23,25,26)/p+1/b14-4+/t15-,19-,22+,24+/m0/s1. The molecule has 0 radical (unpaired) electrons. The molecule has 2 N–H and O–H groups in total. The molecule has 26 heavy (non-hydrogen) atoms. The van der Waals surface area contributed by atoms with Crippen molar-refractivity contribution in [2.45, 2.75) is 44.6 Å². The highest BCUT2D eigenvalue weighted by atomic mass is 16.3. The molecule has 0 aromatic heterocycles. The number of phenols is 1. The van der Waals surface area contributed by atoms with Gasteiger partial charge in [0.2, 0.25) is 0 Å². The highest BCUT2D eigenvalue weighted by Crippen LogP contribution is 2.64. The second-order valence-corrected chi connectivity index (χ2v) is 8.49. The van der Waals surface area contributed by atoms with Gasteiger partial charge in [-0.3, -0.25) is 4.79 Å². The van der Waals surface area contributed by atoms with Crippen LogP contribution in [-0.2, 0) is 10.2 Å². The number of hydrogen-bond acceptors (Lipinski definition) is 3. The first-order chi connectivity index (χ1) is 12.6. The Morgan fingerprint density at radius 2 is 2.27 bits per heavy atom. The first-order valence-electron chi connectivity index (χ1n) is 9.91. The molecular weight excluding hydrogens is 324 g/mol. The number of allylic oxidation sites excluding steroid dienone is 2. The predicted octanol–water partition coefficient (Wildman–Crippen LogP) is 3.49. The fourth-order valence-electron chi connectivity index (χ4n) is 6.73. The van der Waals surface area contributed by atoms with Crippen LogP contribution in [0, 0.1) is 5.92 Å². The quantitative estimate of drug-likeness (QED) is 0.379. The van der Waals surface area contributed by atoms with Crippen LogP contribution < -0.4 is 5.32 Å². The third kappa shape index (κ3) is 1.67. The summed E-state index contributed by atoms with van der Waals surface area (Å²) >= 11 is 0. The Hall–Kier alpha value is -2.07. The molecule has 3 aliphatic heterocycles. The smallest absolute Gasteiger partial charge is 0.148 e. The Morgan fingerprint density at radius 1 is 1.42 bits per heavy atom. The molecule has 4 heteroatoms. The Balaban J connectivity index is 1.82. The number of para-hydroxylation sites is 1. The van der Waals surface area contributed by atoms with Gasteiger partial charge in [-0.05, 0) is 30.5 Å². The summed E-state index contributed by atoms with van der Waals surface area (Å²) in [6.07, 6.45) is 6.60. The van der Waals surface area contributed by atoms with Crippen molar-refractivity contribution in [3.63, 3.8) is 0 Å². The summed E-state index contributed by atoms with van der Waals surface area (Å²) in [6, 6.07) is 6.35. The Labute approximate surface area is 154 Å². The molecule has 1 aliphatic carbocycles. The molecule has 2 saturated heterocycles. The summed E-state index contributed by atoms with van der Waals surface area (Å²) in [5.74, 6) is 0.529. The molecule has 0 saturated carbocycles. The number of piperidine rings is 1. The van der Waals surface area contributed by atoms with E-state index >= 15 is 0 Å². The Bertz CT molecular complexity index is 871. The van der Waals surface area contributed by atoms with Crippen molar-refractivity contribution in [2.24, 2.45) is 5.92 Å². The second-order valence-electron chi connectivity index (χ2n) is 8.49. The van der Waals surface area contributed by atoms with Crippen molar-refractivity contribution in [3.05, 3.63) is 46.7 Å². The molecule has 1 aromatic carbocycles. The van der Waals surface area contributed by atoms with Crippen LogP contribution in [0.4, 0.5) is 5.69 Å². The molecule has 1 spiro atoms. The van der Waals surface area contributed by atoms with Gasteiger partial charge in [-0.1, -0.05) is 25.1 Å². The van der Waals surface area contributed by atoms with E-state index in [0.717, 1.165) is 53.7 Å². The van der Waals surface area contributed by atoms with Gasteiger partial charge in [0.25, 0.3) is 0 Å². The maximum Gasteiger partial charge on any atom is 0.148 e. The van der Waals surface area contributed by atoms with Crippen LogP contribution in [0.1, 0.15) is 38.7 Å². The van der Waals surface area contributed by atoms with E-state index in [1.807, 2.05) is 6.07 Å². The Morgan fingerprint density at radius 3 is 3.00 bits per heavy atom. The highest BCUT2D eigenvalue weighted by molar-refractivity contribution is 5.85. The van der Waals surface area contributed by atoms with Crippen LogP contribution >= 0.6 is 0 Å². The summed E-state index contributed by atoms with van der Waals surface area (Å²) in [5.41, 5.74) is 5.32. The number of fused-ring (bicyclic) bond motifs is 2. The number of rotatable bonds is 3. The maximum atomic E-state index is 12.2. The average molecular weight is 351 g/mol. The molecule has 2 fully saturated rings. The maximum absolute atomic E-state index is 12.2. The van der Waals surface area contributed by atoms with E-state index in [0.29, 0.717) is 11.8 Å². The summed E-state index contributed by atoms with van der Waals surface area (Å²) in [7, 11) is 0. The van der Waals surface area contributed by atoms with E-state index in [-0.39, 0.29) is 11.3 Å². The number of carbonyl (C=O) groups is 1. The highest BCUT2D eigenvalue weighted by Gasteiger charge is 2.68. The number of carbonyl (C=O) groups excluding carboxylic acids is 1. The van der Waals surface area contributed by atoms with Gasteiger partial charge < -0.3 is 14.9 Å². The number of nitrogens with one attached hydrogen (secondary N) is 1. The van der Waals surface area contributed by atoms with Crippen molar-refractivity contribution >= 4 is 12.0 Å². The number of aromatic hydroxyl groups is 1. The van der Waals surface area contributed by atoms with Crippen molar-refractivity contribution in [1.82, 2.24) is 0 Å². The van der Waals surface area contributed by atoms with Crippen LogP contribution in [0.2, 0.25) is 0 Å². The minimum absolute atomic E-state index is 0.130. The van der Waals surface area contributed by atoms with Gasteiger partial charge in [0.1, 0.15) is 24.6 Å². The molecule has 4 atom stereocenters. The van der Waals surface area contributed by atoms with Crippen molar-refractivity contribution in [1.29, 1.82) is 0 Å². The molecule has 2 bridgehead atoms. The van der Waals surface area contributed by atoms with Crippen LogP contribution in [0.5, 0.6) is 5.75 Å². The van der Waals surface area contributed by atoms with Crippen molar-refractivity contribution in [2.75, 3.05) is 25.0 Å². The molecule has 3 heterocycles. The van der Waals surface area contributed by atoms with E-state index in [1.165, 1.54) is 24.1 Å². The molecule has 1 aromatic rings. The number of aldehydes is 1. The monoisotopic (exact) mass is 351 g/mol. The zero-order chi connectivity index (χ0) is 18.1. The van der Waals surface area contributed by atoms with Crippen molar-refractivity contribution < 1.29 is 14.4 Å². The molecule has 4 aliphatic rings. The van der Waals surface area contributed by atoms with Gasteiger partial charge in [-0.15, -0.1) is 0 Å². The lowest BCUT2D eigenvalue weighted by Gasteiger charge is -2.53. The van der Waals surface area contributed by atoms with Gasteiger partial charge in [0.05, 0.1) is 24.2 Å². The topological polar surface area (TPSA) is 49.3 Å². The first kappa shape index (κ1) is 16.1. The predicted molar refractivity (Wildman–Crippen MR) is 102 cm³/mol. The minimum atomic E-state index is -0.130. The first-order valence-corrected chi connectivity index (χ1v) is 9.91. The van der Waals surface area contributed by atoms with E-state index < -0.39 is 0 Å². The van der Waals surface area contributed by atoms with Gasteiger partial charge in [0, 0.05) is 30.0 Å². The van der Waals surface area contributed by atoms with Crippen molar-refractivity contribution in [3.8, 4) is 5.75 Å². The van der Waals surface area contributed by atoms with E-state index in [2.05, 4.69) is 31.3 Å². The SMILES string of the molecule is C/C=C1\C[N@@+]2(CCC)CC[C@]34C(=C(C=O)[C@H]1C[C@@H]32)Nc1c(O)cccc14. The number of anilines is 1. The van der Waals surface area contributed by atoms with Crippen LogP contribution in [0.15, 0.2) is 41.1 Å². The summed E-state index contributed by atoms with van der Waals surface area (Å²) in [6.45, 7) is 7.80. The van der Waals surface area contributed by atoms with Gasteiger partial charge in [-0.2, -0.15) is 0 Å². The van der Waals surface area contributed by atoms with Crippen LogP contribution in [-0.4, -0.2) is 41.6 Å². The molecule has 0 amide bonds. The zero-order valence-corrected chi connectivity index (χ0v) is 15.6. The molecule has 4 nitrogen and oxygen atoms in total. The third-order valence-electron chi connectivity index (χ3n) is 7.64. The fraction of sp³-hybridized carbons (Fsp3) is 0.500. The third-order valence-corrected chi connectivity index (χ3v) is 7.64. The summed E-state index contributed by atoms with van der Waals surface area (Å²) in [5, 5.41) is 14.0. The minimum Gasteiger partial charge on any atom is -0.506 e. The van der Waals surface area contributed by atoms with E-state index in [1.54, 1.807) is 6.07 Å².